The Morgan fingerprint density at radius 3 is 2.60 bits per heavy atom. The average molecular weight is 295 g/mol. The summed E-state index contributed by atoms with van der Waals surface area (Å²) in [5.74, 6) is 1.80. The summed E-state index contributed by atoms with van der Waals surface area (Å²) in [6.45, 7) is 12.8. The van der Waals surface area contributed by atoms with Crippen molar-refractivity contribution >= 4 is 11.3 Å². The van der Waals surface area contributed by atoms with Gasteiger partial charge in [0.25, 0.3) is 0 Å². The second-order valence-electron chi connectivity index (χ2n) is 6.40. The molecular formula is C17H30N2S. The quantitative estimate of drug-likeness (QED) is 0.761. The third kappa shape index (κ3) is 4.87. The molecule has 3 heteroatoms. The van der Waals surface area contributed by atoms with Crippen LogP contribution in [0.4, 0.5) is 0 Å². The molecule has 1 N–H and O–H groups in total. The molecule has 2 heterocycles. The molecule has 1 saturated heterocycles. The molecule has 114 valence electrons. The first kappa shape index (κ1) is 16.0. The fraction of sp³-hybridized carbons (Fsp3) is 0.765. The molecule has 0 spiro atoms. The minimum atomic E-state index is 0.857. The number of hydrogen-bond donors (Lipinski definition) is 1. The second kappa shape index (κ2) is 8.16. The molecule has 1 aromatic rings. The van der Waals surface area contributed by atoms with Gasteiger partial charge in [0, 0.05) is 22.8 Å². The molecule has 2 rings (SSSR count). The van der Waals surface area contributed by atoms with E-state index in [1.165, 1.54) is 42.1 Å². The Kier molecular flexibility index (Phi) is 6.53. The van der Waals surface area contributed by atoms with Crippen LogP contribution in [0.15, 0.2) is 12.1 Å². The van der Waals surface area contributed by atoms with E-state index in [9.17, 15) is 0 Å². The maximum atomic E-state index is 3.48. The lowest BCUT2D eigenvalue weighted by molar-refractivity contribution is 0.153. The van der Waals surface area contributed by atoms with Crippen LogP contribution in [0.1, 0.15) is 49.8 Å². The molecule has 1 aliphatic rings. The summed E-state index contributed by atoms with van der Waals surface area (Å²) in [6.07, 6.45) is 3.98. The summed E-state index contributed by atoms with van der Waals surface area (Å²) in [5.41, 5.74) is 0. The topological polar surface area (TPSA) is 15.3 Å². The summed E-state index contributed by atoms with van der Waals surface area (Å²) in [5, 5.41) is 3.48. The molecule has 1 aliphatic heterocycles. The molecular weight excluding hydrogens is 264 g/mol. The van der Waals surface area contributed by atoms with E-state index in [4.69, 9.17) is 0 Å². The van der Waals surface area contributed by atoms with Crippen molar-refractivity contribution in [3.63, 3.8) is 0 Å². The van der Waals surface area contributed by atoms with Crippen LogP contribution in [-0.4, -0.2) is 24.5 Å². The summed E-state index contributed by atoms with van der Waals surface area (Å²) in [4.78, 5) is 5.64. The van der Waals surface area contributed by atoms with Gasteiger partial charge in [-0.1, -0.05) is 20.8 Å². The Labute approximate surface area is 128 Å². The van der Waals surface area contributed by atoms with Gasteiger partial charge in [-0.25, -0.2) is 0 Å². The van der Waals surface area contributed by atoms with Crippen LogP contribution in [0.5, 0.6) is 0 Å². The molecule has 0 unspecified atom stereocenters. The highest BCUT2D eigenvalue weighted by atomic mass is 32.1. The van der Waals surface area contributed by atoms with Crippen molar-refractivity contribution in [3.8, 4) is 0 Å². The Bertz CT molecular complexity index is 378. The molecule has 0 saturated carbocycles. The van der Waals surface area contributed by atoms with E-state index in [1.54, 1.807) is 0 Å². The Morgan fingerprint density at radius 1 is 1.25 bits per heavy atom. The lowest BCUT2D eigenvalue weighted by Crippen LogP contribution is -2.34. The van der Waals surface area contributed by atoms with Gasteiger partial charge in [0.2, 0.25) is 0 Å². The number of rotatable bonds is 7. The lowest BCUT2D eigenvalue weighted by atomic mass is 9.87. The Balaban J connectivity index is 1.74. The zero-order valence-electron chi connectivity index (χ0n) is 13.3. The van der Waals surface area contributed by atoms with Crippen molar-refractivity contribution < 1.29 is 0 Å². The van der Waals surface area contributed by atoms with Crippen LogP contribution in [-0.2, 0) is 13.1 Å². The standard InChI is InChI=1S/C17H30N2S/c1-4-9-18-12-16-5-6-17(20-16)13-19-10-7-15(8-11-19)14(2)3/h5-6,14-15,18H,4,7-13H2,1-3H3. The first-order valence-corrected chi connectivity index (χ1v) is 9.01. The average Bonchev–Trinajstić information content (AvgIpc) is 2.87. The molecule has 0 aliphatic carbocycles. The van der Waals surface area contributed by atoms with E-state index in [0.717, 1.165) is 31.5 Å². The zero-order chi connectivity index (χ0) is 14.4. The van der Waals surface area contributed by atoms with Crippen molar-refractivity contribution in [1.82, 2.24) is 10.2 Å². The van der Waals surface area contributed by atoms with E-state index in [-0.39, 0.29) is 0 Å². The summed E-state index contributed by atoms with van der Waals surface area (Å²) in [6, 6.07) is 4.62. The molecule has 0 aromatic carbocycles. The highest BCUT2D eigenvalue weighted by molar-refractivity contribution is 7.11. The zero-order valence-corrected chi connectivity index (χ0v) is 14.1. The van der Waals surface area contributed by atoms with Crippen molar-refractivity contribution in [3.05, 3.63) is 21.9 Å². The van der Waals surface area contributed by atoms with Crippen molar-refractivity contribution in [2.45, 2.75) is 53.1 Å². The van der Waals surface area contributed by atoms with Crippen LogP contribution >= 0.6 is 11.3 Å². The summed E-state index contributed by atoms with van der Waals surface area (Å²) < 4.78 is 0. The van der Waals surface area contributed by atoms with Crippen LogP contribution in [0, 0.1) is 11.8 Å². The van der Waals surface area contributed by atoms with Crippen LogP contribution in [0.2, 0.25) is 0 Å². The van der Waals surface area contributed by atoms with E-state index in [1.807, 2.05) is 11.3 Å². The van der Waals surface area contributed by atoms with Gasteiger partial charge < -0.3 is 5.32 Å². The summed E-state index contributed by atoms with van der Waals surface area (Å²) in [7, 11) is 0. The number of nitrogens with one attached hydrogen (secondary N) is 1. The number of thiophene rings is 1. The summed E-state index contributed by atoms with van der Waals surface area (Å²) >= 11 is 1.98. The number of hydrogen-bond acceptors (Lipinski definition) is 3. The molecule has 0 atom stereocenters. The SMILES string of the molecule is CCCNCc1ccc(CN2CCC(C(C)C)CC2)s1. The smallest absolute Gasteiger partial charge is 0.0328 e. The van der Waals surface area contributed by atoms with E-state index in [0.29, 0.717) is 0 Å². The van der Waals surface area contributed by atoms with Crippen LogP contribution < -0.4 is 5.32 Å². The predicted molar refractivity (Wildman–Crippen MR) is 89.2 cm³/mol. The first-order chi connectivity index (χ1) is 9.69. The normalized spacial score (nSPS) is 18.0. The highest BCUT2D eigenvalue weighted by Gasteiger charge is 2.21. The molecule has 0 radical (unpaired) electrons. The van der Waals surface area contributed by atoms with Crippen LogP contribution in [0.25, 0.3) is 0 Å². The second-order valence-corrected chi connectivity index (χ2v) is 7.66. The minimum absolute atomic E-state index is 0.857. The third-order valence-electron chi connectivity index (χ3n) is 4.40. The van der Waals surface area contributed by atoms with E-state index in [2.05, 4.69) is 43.1 Å². The van der Waals surface area contributed by atoms with Gasteiger partial charge in [-0.3, -0.25) is 4.90 Å². The van der Waals surface area contributed by atoms with Crippen LogP contribution in [0.3, 0.4) is 0 Å². The fourth-order valence-electron chi connectivity index (χ4n) is 2.99. The fourth-order valence-corrected chi connectivity index (χ4v) is 4.02. The maximum absolute atomic E-state index is 3.48. The van der Waals surface area contributed by atoms with Gasteiger partial charge in [0.05, 0.1) is 0 Å². The number of nitrogens with zero attached hydrogens (tertiary/aromatic N) is 1. The number of likely N-dealkylation sites (tertiary alicyclic amines) is 1. The molecule has 2 nitrogen and oxygen atoms in total. The molecule has 0 bridgehead atoms. The predicted octanol–water partition coefficient (Wildman–Crippen LogP) is 4.12. The molecule has 0 amide bonds. The molecule has 20 heavy (non-hydrogen) atoms. The van der Waals surface area contributed by atoms with Gasteiger partial charge >= 0.3 is 0 Å². The minimum Gasteiger partial charge on any atom is -0.312 e. The Morgan fingerprint density at radius 2 is 1.95 bits per heavy atom. The lowest BCUT2D eigenvalue weighted by Gasteiger charge is -2.33. The van der Waals surface area contributed by atoms with Gasteiger partial charge in [-0.15, -0.1) is 11.3 Å². The van der Waals surface area contributed by atoms with Crippen molar-refractivity contribution in [2.24, 2.45) is 11.8 Å². The van der Waals surface area contributed by atoms with Gasteiger partial charge in [-0.2, -0.15) is 0 Å². The van der Waals surface area contributed by atoms with Crippen molar-refractivity contribution in [1.29, 1.82) is 0 Å². The van der Waals surface area contributed by atoms with Gasteiger partial charge in [0.15, 0.2) is 0 Å². The van der Waals surface area contributed by atoms with E-state index >= 15 is 0 Å². The largest absolute Gasteiger partial charge is 0.312 e. The molecule has 1 aromatic heterocycles. The highest BCUT2D eigenvalue weighted by Crippen LogP contribution is 2.26. The van der Waals surface area contributed by atoms with Crippen molar-refractivity contribution in [2.75, 3.05) is 19.6 Å². The van der Waals surface area contributed by atoms with E-state index < -0.39 is 0 Å². The maximum Gasteiger partial charge on any atom is 0.0328 e. The Hall–Kier alpha value is -0.380. The first-order valence-electron chi connectivity index (χ1n) is 8.19. The monoisotopic (exact) mass is 294 g/mol. The number of piperidine rings is 1. The van der Waals surface area contributed by atoms with Gasteiger partial charge in [0.1, 0.15) is 0 Å². The third-order valence-corrected chi connectivity index (χ3v) is 5.47. The molecule has 1 fully saturated rings. The van der Waals surface area contributed by atoms with Gasteiger partial charge in [-0.05, 0) is 62.9 Å².